The molecule has 0 aromatic heterocycles. The van der Waals surface area contributed by atoms with Crippen LogP contribution in [0.25, 0.3) is 0 Å². The highest BCUT2D eigenvalue weighted by Gasteiger charge is 2.22. The van der Waals surface area contributed by atoms with Crippen molar-refractivity contribution in [2.75, 3.05) is 0 Å². The molecule has 0 unspecified atom stereocenters. The number of rotatable bonds is 2. The van der Waals surface area contributed by atoms with E-state index in [1.165, 1.54) is 0 Å². The number of hydrogen-bond acceptors (Lipinski definition) is 3. The Labute approximate surface area is 148 Å². The van der Waals surface area contributed by atoms with E-state index in [4.69, 9.17) is 5.11 Å². The van der Waals surface area contributed by atoms with Crippen molar-refractivity contribution in [1.82, 2.24) is 0 Å². The molecule has 25 heavy (non-hydrogen) atoms. The molecular formula is C22H24O3. The highest BCUT2D eigenvalue weighted by molar-refractivity contribution is 5.41. The molecule has 3 rings (SSSR count). The zero-order valence-corrected chi connectivity index (χ0v) is 14.8. The molecule has 0 saturated heterocycles. The molecule has 0 heterocycles. The number of phenols is 3. The normalized spacial score (nSPS) is 10.7. The van der Waals surface area contributed by atoms with E-state index >= 15 is 0 Å². The van der Waals surface area contributed by atoms with Gasteiger partial charge in [0.05, 0.1) is 0 Å². The molecule has 3 heteroatoms. The Hall–Kier alpha value is -2.94. The largest absolute Gasteiger partial charge is 0.508 e. The number of benzene rings is 3. The van der Waals surface area contributed by atoms with Gasteiger partial charge in [0.25, 0.3) is 0 Å². The molecule has 0 atom stereocenters. The summed E-state index contributed by atoms with van der Waals surface area (Å²) in [7, 11) is 0. The topological polar surface area (TPSA) is 60.7 Å². The van der Waals surface area contributed by atoms with E-state index in [0.717, 1.165) is 16.7 Å². The highest BCUT2D eigenvalue weighted by atomic mass is 16.3. The van der Waals surface area contributed by atoms with Crippen molar-refractivity contribution in [3.63, 3.8) is 0 Å². The molecule has 3 aromatic rings. The minimum absolute atomic E-state index is 0.151. The third-order valence-corrected chi connectivity index (χ3v) is 4.29. The van der Waals surface area contributed by atoms with Crippen LogP contribution in [0.1, 0.15) is 30.5 Å². The molecule has 0 aliphatic carbocycles. The van der Waals surface area contributed by atoms with Crippen molar-refractivity contribution in [3.05, 3.63) is 89.5 Å². The maximum absolute atomic E-state index is 9.30. The second-order valence-corrected chi connectivity index (χ2v) is 6.51. The molecule has 0 spiro atoms. The summed E-state index contributed by atoms with van der Waals surface area (Å²) < 4.78 is 0. The number of hydrogen-bond donors (Lipinski definition) is 3. The Kier molecular flexibility index (Phi) is 5.71. The van der Waals surface area contributed by atoms with Gasteiger partial charge in [0, 0.05) is 5.41 Å². The van der Waals surface area contributed by atoms with E-state index in [1.54, 1.807) is 30.3 Å². The van der Waals surface area contributed by atoms with Gasteiger partial charge in [-0.3, -0.25) is 0 Å². The van der Waals surface area contributed by atoms with Gasteiger partial charge in [-0.25, -0.2) is 0 Å². The second-order valence-electron chi connectivity index (χ2n) is 6.51. The van der Waals surface area contributed by atoms with Crippen LogP contribution in [0.4, 0.5) is 0 Å². The van der Waals surface area contributed by atoms with Gasteiger partial charge in [-0.1, -0.05) is 56.3 Å². The Balaban J connectivity index is 0.000000236. The van der Waals surface area contributed by atoms with Crippen LogP contribution in [0.5, 0.6) is 17.2 Å². The molecule has 3 nitrogen and oxygen atoms in total. The monoisotopic (exact) mass is 336 g/mol. The summed E-state index contributed by atoms with van der Waals surface area (Å²) in [6.07, 6.45) is 0. The fourth-order valence-corrected chi connectivity index (χ4v) is 2.49. The van der Waals surface area contributed by atoms with Crippen LogP contribution in [0, 0.1) is 6.92 Å². The second kappa shape index (κ2) is 7.75. The molecular weight excluding hydrogens is 312 g/mol. The van der Waals surface area contributed by atoms with Crippen molar-refractivity contribution in [2.45, 2.75) is 26.2 Å². The van der Waals surface area contributed by atoms with E-state index in [9.17, 15) is 10.2 Å². The van der Waals surface area contributed by atoms with Gasteiger partial charge in [-0.05, 0) is 53.9 Å². The van der Waals surface area contributed by atoms with Crippen LogP contribution < -0.4 is 0 Å². The van der Waals surface area contributed by atoms with E-state index < -0.39 is 0 Å². The van der Waals surface area contributed by atoms with Crippen LogP contribution in [0.3, 0.4) is 0 Å². The third kappa shape index (κ3) is 4.77. The summed E-state index contributed by atoms with van der Waals surface area (Å²) in [5, 5.41) is 27.5. The minimum Gasteiger partial charge on any atom is -0.508 e. The first kappa shape index (κ1) is 18.4. The quantitative estimate of drug-likeness (QED) is 0.608. The first-order chi connectivity index (χ1) is 11.8. The molecule has 0 fully saturated rings. The van der Waals surface area contributed by atoms with Crippen molar-refractivity contribution < 1.29 is 15.3 Å². The third-order valence-electron chi connectivity index (χ3n) is 4.29. The smallest absolute Gasteiger partial charge is 0.118 e. The lowest BCUT2D eigenvalue weighted by Crippen LogP contribution is -2.18. The SMILES string of the molecule is CC(C)(c1ccc(O)cc1)c1ccc(O)cc1.Cc1ccccc1O. The zero-order valence-electron chi connectivity index (χ0n) is 14.8. The van der Waals surface area contributed by atoms with Crippen LogP contribution >= 0.6 is 0 Å². The Morgan fingerprint density at radius 2 is 1.00 bits per heavy atom. The molecule has 0 radical (unpaired) electrons. The maximum Gasteiger partial charge on any atom is 0.118 e. The lowest BCUT2D eigenvalue weighted by atomic mass is 9.78. The van der Waals surface area contributed by atoms with E-state index in [-0.39, 0.29) is 16.9 Å². The van der Waals surface area contributed by atoms with Crippen LogP contribution in [-0.2, 0) is 5.41 Å². The average Bonchev–Trinajstić information content (AvgIpc) is 2.59. The molecule has 0 saturated carbocycles. The summed E-state index contributed by atoms with van der Waals surface area (Å²) in [4.78, 5) is 0. The number of aromatic hydroxyl groups is 3. The van der Waals surface area contributed by atoms with E-state index in [1.807, 2.05) is 49.4 Å². The summed E-state index contributed by atoms with van der Waals surface area (Å²) in [5.74, 6) is 0.915. The van der Waals surface area contributed by atoms with Crippen LogP contribution in [0.15, 0.2) is 72.8 Å². The van der Waals surface area contributed by atoms with Gasteiger partial charge in [0.15, 0.2) is 0 Å². The fraction of sp³-hybridized carbons (Fsp3) is 0.182. The van der Waals surface area contributed by atoms with Crippen molar-refractivity contribution >= 4 is 0 Å². The maximum atomic E-state index is 9.30. The molecule has 0 bridgehead atoms. The van der Waals surface area contributed by atoms with Gasteiger partial charge in [-0.15, -0.1) is 0 Å². The summed E-state index contributed by atoms with van der Waals surface area (Å²) >= 11 is 0. The lowest BCUT2D eigenvalue weighted by molar-refractivity contribution is 0.471. The molecule has 3 aromatic carbocycles. The Bertz CT molecular complexity index is 735. The number of para-hydroxylation sites is 1. The number of aryl methyl sites for hydroxylation is 1. The van der Waals surface area contributed by atoms with E-state index in [0.29, 0.717) is 5.75 Å². The molecule has 0 aliphatic heterocycles. The average molecular weight is 336 g/mol. The minimum atomic E-state index is -0.151. The molecule has 0 amide bonds. The molecule has 130 valence electrons. The van der Waals surface area contributed by atoms with Crippen molar-refractivity contribution in [1.29, 1.82) is 0 Å². The Morgan fingerprint density at radius 3 is 1.32 bits per heavy atom. The van der Waals surface area contributed by atoms with Crippen molar-refractivity contribution in [2.24, 2.45) is 0 Å². The predicted molar refractivity (Wildman–Crippen MR) is 101 cm³/mol. The van der Waals surface area contributed by atoms with Gasteiger partial charge in [-0.2, -0.15) is 0 Å². The summed E-state index contributed by atoms with van der Waals surface area (Å²) in [5.41, 5.74) is 3.02. The lowest BCUT2D eigenvalue weighted by Gasteiger charge is -2.26. The predicted octanol–water partition coefficient (Wildman–Crippen LogP) is 5.12. The summed E-state index contributed by atoms with van der Waals surface area (Å²) in [6, 6.07) is 21.7. The summed E-state index contributed by atoms with van der Waals surface area (Å²) in [6.45, 7) is 6.10. The number of phenolic OH excluding ortho intramolecular Hbond substituents is 3. The first-order valence-electron chi connectivity index (χ1n) is 8.14. The van der Waals surface area contributed by atoms with Crippen LogP contribution in [-0.4, -0.2) is 15.3 Å². The zero-order chi connectivity index (χ0) is 18.4. The van der Waals surface area contributed by atoms with Crippen molar-refractivity contribution in [3.8, 4) is 17.2 Å². The fourth-order valence-electron chi connectivity index (χ4n) is 2.49. The van der Waals surface area contributed by atoms with Gasteiger partial charge < -0.3 is 15.3 Å². The van der Waals surface area contributed by atoms with Gasteiger partial charge >= 0.3 is 0 Å². The van der Waals surface area contributed by atoms with Gasteiger partial charge in [0.1, 0.15) is 17.2 Å². The first-order valence-corrected chi connectivity index (χ1v) is 8.14. The standard InChI is InChI=1S/C15H16O2.C7H8O/c1-15(2,11-3-7-13(16)8-4-11)12-5-9-14(17)10-6-12;1-6-4-2-3-5-7(6)8/h3-10,16-17H,1-2H3;2-5,8H,1H3. The molecule has 0 aliphatic rings. The molecule has 3 N–H and O–H groups in total. The van der Waals surface area contributed by atoms with E-state index in [2.05, 4.69) is 13.8 Å². The van der Waals surface area contributed by atoms with Crippen LogP contribution in [0.2, 0.25) is 0 Å². The Morgan fingerprint density at radius 1 is 0.600 bits per heavy atom. The van der Waals surface area contributed by atoms with Gasteiger partial charge in [0.2, 0.25) is 0 Å². The highest BCUT2D eigenvalue weighted by Crippen LogP contribution is 2.32.